The summed E-state index contributed by atoms with van der Waals surface area (Å²) in [4.78, 5) is 41.9. The summed E-state index contributed by atoms with van der Waals surface area (Å²) in [6.45, 7) is 7.71. The lowest BCUT2D eigenvalue weighted by molar-refractivity contribution is -0.129. The minimum absolute atomic E-state index is 0.179. The molecule has 1 aromatic carbocycles. The average Bonchev–Trinajstić information content (AvgIpc) is 3.49. The molecule has 1 aliphatic rings. The predicted molar refractivity (Wildman–Crippen MR) is 132 cm³/mol. The maximum Gasteiger partial charge on any atom is 0.243 e. The standard InChI is InChI=1S/C25H34N4O3S/c1-4-16-11-12-18-21(13-16)33-24(28-18)14-19(27-23(31)6-3)25(32)29-20(15-26-22(30)5-2)17-9-7-8-10-17/h5,11-13,17,19-20H,2,4,6-10,14-15H2,1,3H3,(H,26,30)(H,27,31)(H,29,32)/t19-,20+/m0/s1. The Labute approximate surface area is 199 Å². The monoisotopic (exact) mass is 470 g/mol. The third-order valence-corrected chi connectivity index (χ3v) is 7.28. The Morgan fingerprint density at radius 3 is 2.64 bits per heavy atom. The first-order valence-corrected chi connectivity index (χ1v) is 12.6. The highest BCUT2D eigenvalue weighted by molar-refractivity contribution is 7.18. The second-order valence-electron chi connectivity index (χ2n) is 8.55. The Morgan fingerprint density at radius 2 is 1.97 bits per heavy atom. The van der Waals surface area contributed by atoms with Crippen LogP contribution in [0.15, 0.2) is 30.9 Å². The van der Waals surface area contributed by atoms with E-state index < -0.39 is 6.04 Å². The van der Waals surface area contributed by atoms with Crippen molar-refractivity contribution in [2.24, 2.45) is 5.92 Å². The van der Waals surface area contributed by atoms with Crippen molar-refractivity contribution in [3.8, 4) is 0 Å². The van der Waals surface area contributed by atoms with Crippen LogP contribution in [-0.4, -0.2) is 41.3 Å². The van der Waals surface area contributed by atoms with Crippen LogP contribution in [0, 0.1) is 5.92 Å². The van der Waals surface area contributed by atoms with Gasteiger partial charge in [0, 0.05) is 25.4 Å². The number of nitrogens with zero attached hydrogens (tertiary/aromatic N) is 1. The van der Waals surface area contributed by atoms with Crippen LogP contribution in [0.5, 0.6) is 0 Å². The van der Waals surface area contributed by atoms with Crippen molar-refractivity contribution >= 4 is 39.3 Å². The molecular formula is C25H34N4O3S. The fourth-order valence-corrected chi connectivity index (χ4v) is 5.34. The van der Waals surface area contributed by atoms with E-state index >= 15 is 0 Å². The number of amides is 3. The van der Waals surface area contributed by atoms with Gasteiger partial charge in [0.05, 0.1) is 15.2 Å². The molecular weight excluding hydrogens is 436 g/mol. The summed E-state index contributed by atoms with van der Waals surface area (Å²) < 4.78 is 1.08. The van der Waals surface area contributed by atoms with Gasteiger partial charge in [0.1, 0.15) is 6.04 Å². The van der Waals surface area contributed by atoms with Gasteiger partial charge in [-0.2, -0.15) is 0 Å². The molecule has 1 saturated carbocycles. The molecule has 3 amide bonds. The van der Waals surface area contributed by atoms with Crippen molar-refractivity contribution in [1.82, 2.24) is 20.9 Å². The molecule has 0 aliphatic heterocycles. The summed E-state index contributed by atoms with van der Waals surface area (Å²) in [5.41, 5.74) is 2.15. The van der Waals surface area contributed by atoms with Crippen LogP contribution in [0.3, 0.4) is 0 Å². The van der Waals surface area contributed by atoms with Crippen molar-refractivity contribution in [3.63, 3.8) is 0 Å². The number of hydrogen-bond acceptors (Lipinski definition) is 5. The molecule has 2 atom stereocenters. The Bertz CT molecular complexity index is 997. The first-order chi connectivity index (χ1) is 15.9. The molecule has 1 aromatic heterocycles. The van der Waals surface area contributed by atoms with Crippen LogP contribution in [0.4, 0.5) is 0 Å². The van der Waals surface area contributed by atoms with E-state index in [-0.39, 0.29) is 23.8 Å². The van der Waals surface area contributed by atoms with E-state index in [0.717, 1.165) is 47.3 Å². The van der Waals surface area contributed by atoms with Crippen LogP contribution < -0.4 is 16.0 Å². The summed E-state index contributed by atoms with van der Waals surface area (Å²) in [5.74, 6) is -0.377. The third kappa shape index (κ3) is 6.87. The SMILES string of the molecule is C=CC(=O)NC[C@@H](NC(=O)[C@H](Cc1nc2ccc(CC)cc2s1)NC(=O)CC)C1CCCC1. The Balaban J connectivity index is 1.76. The number of fused-ring (bicyclic) bond motifs is 1. The first-order valence-electron chi connectivity index (χ1n) is 11.8. The Morgan fingerprint density at radius 1 is 1.21 bits per heavy atom. The molecule has 33 heavy (non-hydrogen) atoms. The van der Waals surface area contributed by atoms with Crippen molar-refractivity contribution < 1.29 is 14.4 Å². The van der Waals surface area contributed by atoms with E-state index in [1.807, 2.05) is 6.07 Å². The number of aryl methyl sites for hydroxylation is 1. The fourth-order valence-electron chi connectivity index (χ4n) is 4.27. The highest BCUT2D eigenvalue weighted by atomic mass is 32.1. The second-order valence-corrected chi connectivity index (χ2v) is 9.67. The number of carbonyl (C=O) groups is 3. The number of benzene rings is 1. The Hall–Kier alpha value is -2.74. The van der Waals surface area contributed by atoms with Crippen LogP contribution in [-0.2, 0) is 27.2 Å². The number of rotatable bonds is 11. The summed E-state index contributed by atoms with van der Waals surface area (Å²) >= 11 is 1.56. The van der Waals surface area contributed by atoms with E-state index in [0.29, 0.717) is 25.3 Å². The van der Waals surface area contributed by atoms with Crippen LogP contribution in [0.2, 0.25) is 0 Å². The first kappa shape index (κ1) is 24.9. The second kappa shape index (κ2) is 11.9. The molecule has 0 bridgehead atoms. The molecule has 0 radical (unpaired) electrons. The van der Waals surface area contributed by atoms with Crippen LogP contribution in [0.1, 0.15) is 56.5 Å². The molecule has 2 aromatic rings. The topological polar surface area (TPSA) is 100 Å². The molecule has 3 N–H and O–H groups in total. The normalized spacial score (nSPS) is 15.7. The minimum Gasteiger partial charge on any atom is -0.351 e. The number of nitrogens with one attached hydrogen (secondary N) is 3. The lowest BCUT2D eigenvalue weighted by Crippen LogP contribution is -2.54. The van der Waals surface area contributed by atoms with Gasteiger partial charge >= 0.3 is 0 Å². The van der Waals surface area contributed by atoms with E-state index in [2.05, 4.69) is 46.6 Å². The summed E-state index contributed by atoms with van der Waals surface area (Å²) in [5, 5.41) is 9.61. The highest BCUT2D eigenvalue weighted by Gasteiger charge is 2.30. The van der Waals surface area contributed by atoms with Crippen molar-refractivity contribution in [3.05, 3.63) is 41.4 Å². The van der Waals surface area contributed by atoms with Gasteiger partial charge < -0.3 is 16.0 Å². The van der Waals surface area contributed by atoms with Gasteiger partial charge in [0.2, 0.25) is 17.7 Å². The molecule has 1 aliphatic carbocycles. The van der Waals surface area contributed by atoms with E-state index in [9.17, 15) is 14.4 Å². The number of aromatic nitrogens is 1. The maximum atomic E-state index is 13.3. The van der Waals surface area contributed by atoms with E-state index in [1.54, 1.807) is 18.3 Å². The smallest absolute Gasteiger partial charge is 0.243 e. The van der Waals surface area contributed by atoms with Crippen molar-refractivity contribution in [2.45, 2.75) is 70.9 Å². The summed E-state index contributed by atoms with van der Waals surface area (Å²) in [6, 6.07) is 5.30. The van der Waals surface area contributed by atoms with E-state index in [4.69, 9.17) is 0 Å². The average molecular weight is 471 g/mol. The summed E-state index contributed by atoms with van der Waals surface area (Å²) in [7, 11) is 0. The zero-order chi connectivity index (χ0) is 23.8. The van der Waals surface area contributed by atoms with Gasteiger partial charge in [-0.25, -0.2) is 4.98 Å². The lowest BCUT2D eigenvalue weighted by atomic mass is 9.97. The molecule has 0 saturated heterocycles. The van der Waals surface area contributed by atoms with Gasteiger partial charge in [-0.3, -0.25) is 14.4 Å². The molecule has 1 heterocycles. The molecule has 0 spiro atoms. The molecule has 178 valence electrons. The van der Waals surface area contributed by atoms with Gasteiger partial charge in [-0.1, -0.05) is 39.3 Å². The van der Waals surface area contributed by atoms with Gasteiger partial charge in [-0.05, 0) is 49.0 Å². The van der Waals surface area contributed by atoms with Crippen LogP contribution >= 0.6 is 11.3 Å². The molecule has 3 rings (SSSR count). The Kier molecular flexibility index (Phi) is 9.00. The number of thiazole rings is 1. The van der Waals surface area contributed by atoms with Crippen LogP contribution in [0.25, 0.3) is 10.2 Å². The third-order valence-electron chi connectivity index (χ3n) is 6.24. The summed E-state index contributed by atoms with van der Waals surface area (Å²) in [6.07, 6.45) is 7.07. The lowest BCUT2D eigenvalue weighted by Gasteiger charge is -2.27. The van der Waals surface area contributed by atoms with Crippen molar-refractivity contribution in [1.29, 1.82) is 0 Å². The molecule has 1 fully saturated rings. The van der Waals surface area contributed by atoms with Gasteiger partial charge in [0.15, 0.2) is 0 Å². The maximum absolute atomic E-state index is 13.3. The molecule has 7 nitrogen and oxygen atoms in total. The number of carbonyl (C=O) groups excluding carboxylic acids is 3. The largest absolute Gasteiger partial charge is 0.351 e. The molecule has 8 heteroatoms. The van der Waals surface area contributed by atoms with Gasteiger partial charge in [-0.15, -0.1) is 11.3 Å². The fraction of sp³-hybridized carbons (Fsp3) is 0.520. The van der Waals surface area contributed by atoms with Crippen molar-refractivity contribution in [2.75, 3.05) is 6.54 Å². The quantitative estimate of drug-likeness (QED) is 0.439. The zero-order valence-electron chi connectivity index (χ0n) is 19.5. The minimum atomic E-state index is -0.720. The predicted octanol–water partition coefficient (Wildman–Crippen LogP) is 3.27. The van der Waals surface area contributed by atoms with E-state index in [1.165, 1.54) is 11.6 Å². The van der Waals surface area contributed by atoms with Gasteiger partial charge in [0.25, 0.3) is 0 Å². The molecule has 0 unspecified atom stereocenters. The zero-order valence-corrected chi connectivity index (χ0v) is 20.3. The number of hydrogen-bond donors (Lipinski definition) is 3. The highest BCUT2D eigenvalue weighted by Crippen LogP contribution is 2.28.